The molecule has 118 valence electrons. The average molecular weight is 326 g/mol. The number of benzene rings is 1. The van der Waals surface area contributed by atoms with Crippen LogP contribution in [-0.2, 0) is 14.6 Å². The lowest BCUT2D eigenvalue weighted by atomic mass is 10.1. The number of carbonyl (C=O) groups excluding carboxylic acids is 2. The topological polar surface area (TPSA) is 111 Å². The SMILES string of the molecule is O=C(NNC(=O)[C@H]1CCS(=O)(=O)C1)c1ccc2c(c1)OCO2. The van der Waals surface area contributed by atoms with Crippen molar-refractivity contribution >= 4 is 21.7 Å². The first-order valence-electron chi connectivity index (χ1n) is 6.65. The zero-order chi connectivity index (χ0) is 15.7. The number of ether oxygens (including phenoxy) is 2. The van der Waals surface area contributed by atoms with Crippen LogP contribution in [0.5, 0.6) is 11.5 Å². The van der Waals surface area contributed by atoms with E-state index in [9.17, 15) is 18.0 Å². The Morgan fingerprint density at radius 1 is 1.14 bits per heavy atom. The number of hydrogen-bond acceptors (Lipinski definition) is 6. The first kappa shape index (κ1) is 14.6. The molecule has 0 unspecified atom stereocenters. The van der Waals surface area contributed by atoms with E-state index < -0.39 is 27.6 Å². The van der Waals surface area contributed by atoms with E-state index in [1.165, 1.54) is 12.1 Å². The summed E-state index contributed by atoms with van der Waals surface area (Å²) in [7, 11) is -3.14. The number of amides is 2. The van der Waals surface area contributed by atoms with E-state index in [4.69, 9.17) is 9.47 Å². The van der Waals surface area contributed by atoms with Crippen LogP contribution in [0.4, 0.5) is 0 Å². The predicted molar refractivity (Wildman–Crippen MR) is 74.9 cm³/mol. The van der Waals surface area contributed by atoms with Crippen molar-refractivity contribution in [2.24, 2.45) is 5.92 Å². The smallest absolute Gasteiger partial charge is 0.269 e. The second-order valence-electron chi connectivity index (χ2n) is 5.11. The standard InChI is InChI=1S/C13H14N2O6S/c16-12(8-1-2-10-11(5-8)21-7-20-10)14-15-13(17)9-3-4-22(18,19)6-9/h1-2,5,9H,3-4,6-7H2,(H,14,16)(H,15,17)/t9-/m0/s1. The van der Waals surface area contributed by atoms with Crippen LogP contribution < -0.4 is 20.3 Å². The fourth-order valence-corrected chi connectivity index (χ4v) is 4.07. The maximum atomic E-state index is 12.0. The Kier molecular flexibility index (Phi) is 3.65. The number of nitrogens with one attached hydrogen (secondary N) is 2. The van der Waals surface area contributed by atoms with Crippen LogP contribution in [-0.4, -0.2) is 38.5 Å². The minimum Gasteiger partial charge on any atom is -0.454 e. The molecule has 22 heavy (non-hydrogen) atoms. The second kappa shape index (κ2) is 5.48. The molecule has 3 rings (SSSR count). The Balaban J connectivity index is 1.57. The van der Waals surface area contributed by atoms with Crippen molar-refractivity contribution in [2.75, 3.05) is 18.3 Å². The maximum absolute atomic E-state index is 12.0. The molecular weight excluding hydrogens is 312 g/mol. The predicted octanol–water partition coefficient (Wildman–Crippen LogP) is -0.389. The lowest BCUT2D eigenvalue weighted by molar-refractivity contribution is -0.125. The van der Waals surface area contributed by atoms with Gasteiger partial charge < -0.3 is 9.47 Å². The number of sulfone groups is 1. The van der Waals surface area contributed by atoms with Crippen molar-refractivity contribution in [2.45, 2.75) is 6.42 Å². The number of hydrazine groups is 1. The summed E-state index contributed by atoms with van der Waals surface area (Å²) in [6, 6.07) is 4.64. The molecule has 8 nitrogen and oxygen atoms in total. The van der Waals surface area contributed by atoms with Gasteiger partial charge in [0, 0.05) is 5.56 Å². The quantitative estimate of drug-likeness (QED) is 0.716. The lowest BCUT2D eigenvalue weighted by Gasteiger charge is -2.10. The largest absolute Gasteiger partial charge is 0.454 e. The van der Waals surface area contributed by atoms with Gasteiger partial charge in [-0.3, -0.25) is 20.4 Å². The van der Waals surface area contributed by atoms with Gasteiger partial charge in [-0.1, -0.05) is 0 Å². The summed E-state index contributed by atoms with van der Waals surface area (Å²) in [6.07, 6.45) is 0.272. The molecule has 2 amide bonds. The number of rotatable bonds is 2. The van der Waals surface area contributed by atoms with Gasteiger partial charge in [0.2, 0.25) is 12.7 Å². The van der Waals surface area contributed by atoms with E-state index in [0.717, 1.165) is 0 Å². The van der Waals surface area contributed by atoms with Gasteiger partial charge in [0.1, 0.15) is 0 Å². The highest BCUT2D eigenvalue weighted by Crippen LogP contribution is 2.32. The molecule has 2 aliphatic heterocycles. The third-order valence-electron chi connectivity index (χ3n) is 3.54. The van der Waals surface area contributed by atoms with Crippen molar-refractivity contribution in [3.63, 3.8) is 0 Å². The lowest BCUT2D eigenvalue weighted by Crippen LogP contribution is -2.44. The minimum absolute atomic E-state index is 0.00118. The number of fused-ring (bicyclic) bond motifs is 1. The van der Waals surface area contributed by atoms with E-state index in [0.29, 0.717) is 17.1 Å². The average Bonchev–Trinajstić information content (AvgIpc) is 3.09. The Morgan fingerprint density at radius 3 is 2.64 bits per heavy atom. The van der Waals surface area contributed by atoms with Gasteiger partial charge in [-0.25, -0.2) is 8.42 Å². The first-order chi connectivity index (χ1) is 10.4. The van der Waals surface area contributed by atoms with Gasteiger partial charge in [-0.15, -0.1) is 0 Å². The summed E-state index contributed by atoms with van der Waals surface area (Å²) in [5, 5.41) is 0. The summed E-state index contributed by atoms with van der Waals surface area (Å²) >= 11 is 0. The molecule has 0 aromatic heterocycles. The fourth-order valence-electron chi connectivity index (χ4n) is 2.33. The number of hydrogen-bond donors (Lipinski definition) is 2. The molecule has 1 aromatic carbocycles. The van der Waals surface area contributed by atoms with Crippen molar-refractivity contribution in [3.05, 3.63) is 23.8 Å². The van der Waals surface area contributed by atoms with Crippen molar-refractivity contribution < 1.29 is 27.5 Å². The zero-order valence-corrected chi connectivity index (χ0v) is 12.3. The zero-order valence-electron chi connectivity index (χ0n) is 11.5. The van der Waals surface area contributed by atoms with E-state index >= 15 is 0 Å². The Morgan fingerprint density at radius 2 is 1.91 bits per heavy atom. The van der Waals surface area contributed by atoms with Crippen molar-refractivity contribution in [1.29, 1.82) is 0 Å². The number of carbonyl (C=O) groups is 2. The van der Waals surface area contributed by atoms with Crippen molar-refractivity contribution in [3.8, 4) is 11.5 Å². The van der Waals surface area contributed by atoms with Crippen LogP contribution in [0.25, 0.3) is 0 Å². The normalized spacial score (nSPS) is 21.4. The third-order valence-corrected chi connectivity index (χ3v) is 5.31. The second-order valence-corrected chi connectivity index (χ2v) is 7.34. The Hall–Kier alpha value is -2.29. The van der Waals surface area contributed by atoms with Crippen LogP contribution in [0.1, 0.15) is 16.8 Å². The van der Waals surface area contributed by atoms with Crippen LogP contribution >= 0.6 is 0 Å². The molecule has 0 radical (unpaired) electrons. The molecule has 1 saturated heterocycles. The molecule has 1 fully saturated rings. The van der Waals surface area contributed by atoms with Gasteiger partial charge in [0.05, 0.1) is 17.4 Å². The molecule has 2 aliphatic rings. The summed E-state index contributed by atoms with van der Waals surface area (Å²) in [4.78, 5) is 23.8. The third kappa shape index (κ3) is 2.98. The molecule has 1 atom stereocenters. The highest BCUT2D eigenvalue weighted by atomic mass is 32.2. The van der Waals surface area contributed by atoms with E-state index in [-0.39, 0.29) is 24.7 Å². The molecule has 2 N–H and O–H groups in total. The molecule has 1 aromatic rings. The van der Waals surface area contributed by atoms with E-state index in [1.54, 1.807) is 6.07 Å². The summed E-state index contributed by atoms with van der Waals surface area (Å²) in [5.41, 5.74) is 4.81. The molecule has 0 spiro atoms. The molecular formula is C13H14N2O6S. The van der Waals surface area contributed by atoms with E-state index in [1.807, 2.05) is 0 Å². The van der Waals surface area contributed by atoms with Gasteiger partial charge in [0.25, 0.3) is 5.91 Å². The van der Waals surface area contributed by atoms with Gasteiger partial charge in [-0.05, 0) is 24.6 Å². The molecule has 0 bridgehead atoms. The van der Waals surface area contributed by atoms with Crippen LogP contribution in [0.3, 0.4) is 0 Å². The molecule has 0 saturated carbocycles. The maximum Gasteiger partial charge on any atom is 0.269 e. The van der Waals surface area contributed by atoms with Crippen LogP contribution in [0.2, 0.25) is 0 Å². The summed E-state index contributed by atoms with van der Waals surface area (Å²) in [6.45, 7) is 0.104. The Labute approximate surface area is 126 Å². The van der Waals surface area contributed by atoms with Gasteiger partial charge in [-0.2, -0.15) is 0 Å². The summed E-state index contributed by atoms with van der Waals surface area (Å²) < 4.78 is 32.9. The monoisotopic (exact) mass is 326 g/mol. The molecule has 2 heterocycles. The first-order valence-corrected chi connectivity index (χ1v) is 8.47. The minimum atomic E-state index is -3.14. The molecule has 9 heteroatoms. The van der Waals surface area contributed by atoms with E-state index in [2.05, 4.69) is 10.9 Å². The van der Waals surface area contributed by atoms with Gasteiger partial charge >= 0.3 is 0 Å². The van der Waals surface area contributed by atoms with Crippen LogP contribution in [0.15, 0.2) is 18.2 Å². The van der Waals surface area contributed by atoms with Crippen molar-refractivity contribution in [1.82, 2.24) is 10.9 Å². The Bertz CT molecular complexity index is 730. The van der Waals surface area contributed by atoms with Crippen LogP contribution in [0, 0.1) is 5.92 Å². The highest BCUT2D eigenvalue weighted by Gasteiger charge is 2.33. The highest BCUT2D eigenvalue weighted by molar-refractivity contribution is 7.91. The molecule has 0 aliphatic carbocycles. The fraction of sp³-hybridized carbons (Fsp3) is 0.385. The summed E-state index contributed by atoms with van der Waals surface area (Å²) in [5.74, 6) is -0.817. The van der Waals surface area contributed by atoms with Gasteiger partial charge in [0.15, 0.2) is 21.3 Å².